The van der Waals surface area contributed by atoms with Gasteiger partial charge in [-0.25, -0.2) is 4.98 Å². The first-order valence-electron chi connectivity index (χ1n) is 8.91. The van der Waals surface area contributed by atoms with Gasteiger partial charge in [0.05, 0.1) is 11.9 Å². The van der Waals surface area contributed by atoms with Crippen molar-refractivity contribution in [1.82, 2.24) is 4.98 Å². The summed E-state index contributed by atoms with van der Waals surface area (Å²) >= 11 is 0. The van der Waals surface area contributed by atoms with Gasteiger partial charge in [0.2, 0.25) is 5.91 Å². The molecule has 0 bridgehead atoms. The highest BCUT2D eigenvalue weighted by molar-refractivity contribution is 5.91. The molecule has 3 aromatic rings. The number of pyridine rings is 1. The first-order valence-corrected chi connectivity index (χ1v) is 8.91. The van der Waals surface area contributed by atoms with E-state index < -0.39 is 0 Å². The van der Waals surface area contributed by atoms with Crippen LogP contribution < -0.4 is 15.4 Å². The van der Waals surface area contributed by atoms with E-state index in [0.29, 0.717) is 12.4 Å². The van der Waals surface area contributed by atoms with E-state index in [1.54, 1.807) is 12.3 Å². The highest BCUT2D eigenvalue weighted by Gasteiger charge is 2.07. The van der Waals surface area contributed by atoms with E-state index >= 15 is 0 Å². The molecule has 138 valence electrons. The van der Waals surface area contributed by atoms with Gasteiger partial charge in [0, 0.05) is 11.6 Å². The lowest BCUT2D eigenvalue weighted by Gasteiger charge is -2.10. The van der Waals surface area contributed by atoms with Crippen LogP contribution in [-0.4, -0.2) is 10.9 Å². The lowest BCUT2D eigenvalue weighted by molar-refractivity contribution is -0.118. The van der Waals surface area contributed by atoms with Gasteiger partial charge in [0.25, 0.3) is 0 Å². The molecule has 5 heteroatoms. The Bertz CT molecular complexity index is 860. The Labute approximate surface area is 159 Å². The number of ether oxygens (including phenoxy) is 1. The van der Waals surface area contributed by atoms with Gasteiger partial charge in [-0.3, -0.25) is 4.79 Å². The van der Waals surface area contributed by atoms with Crippen molar-refractivity contribution in [3.05, 3.63) is 78.5 Å². The second-order valence-corrected chi connectivity index (χ2v) is 6.50. The molecular formula is C22H23N3O2. The highest BCUT2D eigenvalue weighted by Crippen LogP contribution is 2.21. The summed E-state index contributed by atoms with van der Waals surface area (Å²) in [4.78, 5) is 15.9. The standard InChI is InChI=1S/C22H23N3O2/c1-16(2)22(26)25-21-13-10-19(14-23-21)24-18-8-11-20(12-9-18)27-15-17-6-4-3-5-7-17/h3-14,16,24H,15H2,1-2H3,(H,23,25,26). The molecule has 1 aromatic heterocycles. The molecule has 0 saturated carbocycles. The van der Waals surface area contributed by atoms with Gasteiger partial charge in [0.1, 0.15) is 18.2 Å². The quantitative estimate of drug-likeness (QED) is 0.622. The Morgan fingerprint density at radius 1 is 0.963 bits per heavy atom. The molecule has 0 fully saturated rings. The number of anilines is 3. The van der Waals surface area contributed by atoms with Crippen molar-refractivity contribution >= 4 is 23.1 Å². The van der Waals surface area contributed by atoms with E-state index in [-0.39, 0.29) is 11.8 Å². The molecular weight excluding hydrogens is 338 g/mol. The van der Waals surface area contributed by atoms with Crippen molar-refractivity contribution in [2.75, 3.05) is 10.6 Å². The van der Waals surface area contributed by atoms with Crippen LogP contribution >= 0.6 is 0 Å². The summed E-state index contributed by atoms with van der Waals surface area (Å²) in [5.74, 6) is 1.24. The van der Waals surface area contributed by atoms with Crippen molar-refractivity contribution in [2.24, 2.45) is 5.92 Å². The fourth-order valence-electron chi connectivity index (χ4n) is 2.35. The molecule has 2 aromatic carbocycles. The summed E-state index contributed by atoms with van der Waals surface area (Å²) in [6.45, 7) is 4.23. The van der Waals surface area contributed by atoms with Crippen molar-refractivity contribution in [3.63, 3.8) is 0 Å². The minimum atomic E-state index is -0.0766. The molecule has 2 N–H and O–H groups in total. The third-order valence-corrected chi connectivity index (χ3v) is 3.93. The number of carbonyl (C=O) groups excluding carboxylic acids is 1. The summed E-state index contributed by atoms with van der Waals surface area (Å²) < 4.78 is 5.79. The van der Waals surface area contributed by atoms with Crippen molar-refractivity contribution in [2.45, 2.75) is 20.5 Å². The molecule has 27 heavy (non-hydrogen) atoms. The second kappa shape index (κ2) is 8.85. The summed E-state index contributed by atoms with van der Waals surface area (Å²) in [5.41, 5.74) is 2.91. The van der Waals surface area contributed by atoms with E-state index in [1.807, 2.05) is 74.5 Å². The second-order valence-electron chi connectivity index (χ2n) is 6.50. The summed E-state index contributed by atoms with van der Waals surface area (Å²) in [6.07, 6.45) is 1.69. The minimum Gasteiger partial charge on any atom is -0.489 e. The van der Waals surface area contributed by atoms with Crippen LogP contribution in [0.4, 0.5) is 17.2 Å². The number of nitrogens with zero attached hydrogens (tertiary/aromatic N) is 1. The predicted molar refractivity (Wildman–Crippen MR) is 108 cm³/mol. The zero-order valence-corrected chi connectivity index (χ0v) is 15.5. The number of benzene rings is 2. The molecule has 0 saturated heterocycles. The number of hydrogen-bond donors (Lipinski definition) is 2. The number of hydrogen-bond acceptors (Lipinski definition) is 4. The maximum absolute atomic E-state index is 11.7. The SMILES string of the molecule is CC(C)C(=O)Nc1ccc(Nc2ccc(OCc3ccccc3)cc2)cn1. The van der Waals surface area contributed by atoms with E-state index in [4.69, 9.17) is 4.74 Å². The number of nitrogens with one attached hydrogen (secondary N) is 2. The Hall–Kier alpha value is -3.34. The molecule has 0 aliphatic rings. The van der Waals surface area contributed by atoms with Crippen molar-refractivity contribution in [3.8, 4) is 5.75 Å². The molecule has 1 heterocycles. The number of amides is 1. The average molecular weight is 361 g/mol. The Morgan fingerprint density at radius 3 is 2.30 bits per heavy atom. The van der Waals surface area contributed by atoms with Crippen molar-refractivity contribution in [1.29, 1.82) is 0 Å². The van der Waals surface area contributed by atoms with Crippen molar-refractivity contribution < 1.29 is 9.53 Å². The van der Waals surface area contributed by atoms with Crippen LogP contribution in [0.3, 0.4) is 0 Å². The number of carbonyl (C=O) groups is 1. The van der Waals surface area contributed by atoms with Gasteiger partial charge in [-0.15, -0.1) is 0 Å². The topological polar surface area (TPSA) is 63.2 Å². The third kappa shape index (κ3) is 5.57. The molecule has 0 spiro atoms. The van der Waals surface area contributed by atoms with Crippen LogP contribution in [0.1, 0.15) is 19.4 Å². The Balaban J connectivity index is 1.54. The maximum atomic E-state index is 11.7. The lowest BCUT2D eigenvalue weighted by atomic mass is 10.2. The Morgan fingerprint density at radius 2 is 1.67 bits per heavy atom. The van der Waals surface area contributed by atoms with Gasteiger partial charge in [-0.05, 0) is 42.0 Å². The fourth-order valence-corrected chi connectivity index (χ4v) is 2.35. The lowest BCUT2D eigenvalue weighted by Crippen LogP contribution is -2.18. The Kier molecular flexibility index (Phi) is 6.05. The molecule has 5 nitrogen and oxygen atoms in total. The first kappa shape index (κ1) is 18.5. The average Bonchev–Trinajstić information content (AvgIpc) is 2.69. The molecule has 0 aliphatic heterocycles. The maximum Gasteiger partial charge on any atom is 0.228 e. The number of rotatable bonds is 7. The normalized spacial score (nSPS) is 10.5. The van der Waals surface area contributed by atoms with Crippen LogP contribution in [0.25, 0.3) is 0 Å². The fraction of sp³-hybridized carbons (Fsp3) is 0.182. The summed E-state index contributed by atoms with van der Waals surface area (Å²) in [5, 5.41) is 6.05. The van der Waals surface area contributed by atoms with Crippen LogP contribution in [0.2, 0.25) is 0 Å². The number of aromatic nitrogens is 1. The molecule has 3 rings (SSSR count). The monoisotopic (exact) mass is 361 g/mol. The molecule has 0 unspecified atom stereocenters. The van der Waals surface area contributed by atoms with E-state index in [2.05, 4.69) is 15.6 Å². The van der Waals surface area contributed by atoms with Crippen LogP contribution in [-0.2, 0) is 11.4 Å². The van der Waals surface area contributed by atoms with Gasteiger partial charge >= 0.3 is 0 Å². The zero-order valence-electron chi connectivity index (χ0n) is 15.5. The van der Waals surface area contributed by atoms with Gasteiger partial charge in [-0.2, -0.15) is 0 Å². The zero-order chi connectivity index (χ0) is 19.1. The van der Waals surface area contributed by atoms with E-state index in [9.17, 15) is 4.79 Å². The van der Waals surface area contributed by atoms with Gasteiger partial charge in [-0.1, -0.05) is 44.2 Å². The molecule has 0 atom stereocenters. The van der Waals surface area contributed by atoms with Gasteiger partial charge < -0.3 is 15.4 Å². The van der Waals surface area contributed by atoms with Gasteiger partial charge in [0.15, 0.2) is 0 Å². The third-order valence-electron chi connectivity index (χ3n) is 3.93. The molecule has 0 radical (unpaired) electrons. The minimum absolute atomic E-state index is 0.0469. The van der Waals surface area contributed by atoms with Crippen LogP contribution in [0.5, 0.6) is 5.75 Å². The predicted octanol–water partition coefficient (Wildman–Crippen LogP) is 5.00. The molecule has 1 amide bonds. The van der Waals surface area contributed by atoms with E-state index in [1.165, 1.54) is 0 Å². The highest BCUT2D eigenvalue weighted by atomic mass is 16.5. The largest absolute Gasteiger partial charge is 0.489 e. The van der Waals surface area contributed by atoms with E-state index in [0.717, 1.165) is 22.7 Å². The smallest absolute Gasteiger partial charge is 0.228 e. The first-order chi connectivity index (χ1) is 13.1. The molecule has 0 aliphatic carbocycles. The van der Waals surface area contributed by atoms with Crippen LogP contribution in [0.15, 0.2) is 72.9 Å². The summed E-state index contributed by atoms with van der Waals surface area (Å²) in [7, 11) is 0. The summed E-state index contributed by atoms with van der Waals surface area (Å²) in [6, 6.07) is 21.5. The van der Waals surface area contributed by atoms with Crippen LogP contribution in [0, 0.1) is 5.92 Å².